The molecule has 8 aliphatic heterocycles. The summed E-state index contributed by atoms with van der Waals surface area (Å²) in [5, 5.41) is 97.6. The molecule has 0 fully saturated rings. The molecular weight excluding hydrogens is 745 g/mol. The summed E-state index contributed by atoms with van der Waals surface area (Å²) in [6.07, 6.45) is -9.70. The van der Waals surface area contributed by atoms with E-state index in [4.69, 9.17) is 0 Å². The zero-order chi connectivity index (χ0) is 41.8. The Balaban J connectivity index is 1.27. The molecule has 8 atom stereocenters. The first-order valence-corrected chi connectivity index (χ1v) is 21.6. The van der Waals surface area contributed by atoms with Crippen molar-refractivity contribution in [1.82, 2.24) is 39.2 Å². The van der Waals surface area contributed by atoms with Crippen LogP contribution in [0.4, 0.5) is 0 Å². The molecule has 0 aromatic carbocycles. The van der Waals surface area contributed by atoms with Gasteiger partial charge < -0.3 is 80.1 Å². The van der Waals surface area contributed by atoms with E-state index in [1.165, 1.54) is 0 Å². The summed E-state index contributed by atoms with van der Waals surface area (Å²) >= 11 is 0. The Hall–Kier alpha value is -3.74. The smallest absolute Gasteiger partial charge is 0.120 e. The number of nitrogens with zero attached hydrogens (tertiary/aromatic N) is 8. The van der Waals surface area contributed by atoms with E-state index in [0.29, 0.717) is 119 Å². The lowest BCUT2D eigenvalue weighted by Crippen LogP contribution is -2.62. The van der Waals surface area contributed by atoms with E-state index in [2.05, 4.69) is 19.6 Å². The zero-order valence-corrected chi connectivity index (χ0v) is 35.3. The molecule has 0 saturated heterocycles. The molecule has 8 aliphatic rings. The standard InChI is InChI=1S/C42H64N8O8/c1-9-43-19-17-21(51)23-30(53)25-32(55)27-34(57)29-35(58)28-33(56)26-31(54)24-22(52)18-20-44(10-2)37(24)46(12-4)39(26)48(14-6)41(28)50(16-8)42(29)49(15-7)40(27)47(13-5)38(25)45(11-3)36(23)43/h21-22,30-35,51-58H,9-20H2,1-8H3. The van der Waals surface area contributed by atoms with Gasteiger partial charge in [0.15, 0.2) is 0 Å². The van der Waals surface area contributed by atoms with Crippen LogP contribution in [0.5, 0.6) is 0 Å². The maximum absolute atomic E-state index is 12.7. The van der Waals surface area contributed by atoms with Gasteiger partial charge in [-0.3, -0.25) is 0 Å². The Bertz CT molecular complexity index is 1820. The summed E-state index contributed by atoms with van der Waals surface area (Å²) in [5.74, 6) is 4.34. The lowest BCUT2D eigenvalue weighted by molar-refractivity contribution is 0.0265. The van der Waals surface area contributed by atoms with Crippen LogP contribution in [0.3, 0.4) is 0 Å². The van der Waals surface area contributed by atoms with Gasteiger partial charge in [0, 0.05) is 104 Å². The average molecular weight is 809 g/mol. The van der Waals surface area contributed by atoms with Gasteiger partial charge in [0.1, 0.15) is 77.4 Å². The van der Waals surface area contributed by atoms with Crippen LogP contribution in [0.25, 0.3) is 0 Å². The number of hydrogen-bond acceptors (Lipinski definition) is 16. The molecule has 58 heavy (non-hydrogen) atoms. The van der Waals surface area contributed by atoms with Gasteiger partial charge in [-0.1, -0.05) is 0 Å². The summed E-state index contributed by atoms with van der Waals surface area (Å²) in [7, 11) is 0. The zero-order valence-electron chi connectivity index (χ0n) is 35.3. The normalized spacial score (nSPS) is 32.7. The second-order valence-corrected chi connectivity index (χ2v) is 16.1. The van der Waals surface area contributed by atoms with Crippen molar-refractivity contribution in [2.24, 2.45) is 0 Å². The first kappa shape index (κ1) is 41.0. The first-order valence-electron chi connectivity index (χ1n) is 21.6. The largest absolute Gasteiger partial charge is 0.388 e. The van der Waals surface area contributed by atoms with Gasteiger partial charge in [-0.25, -0.2) is 0 Å². The number of hydrogen-bond donors (Lipinski definition) is 8. The lowest BCUT2D eigenvalue weighted by atomic mass is 9.75. The molecule has 0 amide bonds. The van der Waals surface area contributed by atoms with Crippen molar-refractivity contribution in [1.29, 1.82) is 0 Å². The highest BCUT2D eigenvalue weighted by molar-refractivity contribution is 5.59. The minimum Gasteiger partial charge on any atom is -0.388 e. The van der Waals surface area contributed by atoms with Crippen molar-refractivity contribution < 1.29 is 40.9 Å². The van der Waals surface area contributed by atoms with E-state index >= 15 is 0 Å². The highest BCUT2D eigenvalue weighted by Crippen LogP contribution is 2.54. The van der Waals surface area contributed by atoms with E-state index in [-0.39, 0.29) is 27.9 Å². The average Bonchev–Trinajstić information content (AvgIpc) is 3.21. The molecule has 8 unspecified atom stereocenters. The van der Waals surface area contributed by atoms with E-state index in [1.807, 2.05) is 75.0 Å². The van der Waals surface area contributed by atoms with Crippen molar-refractivity contribution >= 4 is 0 Å². The van der Waals surface area contributed by atoms with Gasteiger partial charge in [-0.2, -0.15) is 0 Å². The Labute approximate surface area is 341 Å². The molecule has 0 aromatic rings. The van der Waals surface area contributed by atoms with E-state index in [0.717, 1.165) is 11.6 Å². The maximum Gasteiger partial charge on any atom is 0.120 e. The van der Waals surface area contributed by atoms with Crippen molar-refractivity contribution in [2.75, 3.05) is 65.4 Å². The Morgan fingerprint density at radius 3 is 0.724 bits per heavy atom. The summed E-state index contributed by atoms with van der Waals surface area (Å²) in [6.45, 7) is 21.2. The number of aliphatic hydroxyl groups excluding tert-OH is 8. The summed E-state index contributed by atoms with van der Waals surface area (Å²) in [4.78, 5) is 16.6. The fourth-order valence-corrected chi connectivity index (χ4v) is 11.3. The Morgan fingerprint density at radius 2 is 0.517 bits per heavy atom. The van der Waals surface area contributed by atoms with Crippen molar-refractivity contribution in [3.05, 3.63) is 79.8 Å². The number of aliphatic hydroxyl groups is 8. The van der Waals surface area contributed by atoms with Gasteiger partial charge >= 0.3 is 0 Å². The lowest BCUT2D eigenvalue weighted by Gasteiger charge is -2.58. The molecule has 8 N–H and O–H groups in total. The van der Waals surface area contributed by atoms with Crippen molar-refractivity contribution in [3.63, 3.8) is 0 Å². The highest BCUT2D eigenvalue weighted by Gasteiger charge is 2.57. The first-order chi connectivity index (χ1) is 27.8. The Morgan fingerprint density at radius 1 is 0.310 bits per heavy atom. The molecular formula is C42H64N8O8. The third-order valence-electron chi connectivity index (χ3n) is 13.7. The molecule has 320 valence electrons. The molecule has 0 spiro atoms. The molecule has 0 saturated carbocycles. The van der Waals surface area contributed by atoms with Crippen LogP contribution in [0.1, 0.15) is 68.2 Å². The van der Waals surface area contributed by atoms with Crippen LogP contribution in [0, 0.1) is 0 Å². The second-order valence-electron chi connectivity index (χ2n) is 16.1. The van der Waals surface area contributed by atoms with Gasteiger partial charge in [-0.15, -0.1) is 0 Å². The predicted molar refractivity (Wildman–Crippen MR) is 215 cm³/mol. The maximum atomic E-state index is 12.7. The third-order valence-corrected chi connectivity index (χ3v) is 13.7. The molecule has 0 radical (unpaired) electrons. The summed E-state index contributed by atoms with van der Waals surface area (Å²) in [5.41, 5.74) is 1.97. The van der Waals surface area contributed by atoms with Crippen LogP contribution in [-0.4, -0.2) is 194 Å². The van der Waals surface area contributed by atoms with Gasteiger partial charge in [0.2, 0.25) is 0 Å². The molecule has 8 rings (SSSR count). The SMILES string of the molecule is CCN1CCC(O)C2=C1N(CC)C1=C(C2O)C(O)C2=C(N1CC)N(CC)C1=C(C2O)C(O)C2=C(N(CC)C3=C(C(O)C4=C(N(CC)CCC4O)N3CC)C2O)N1CC. The van der Waals surface area contributed by atoms with Gasteiger partial charge in [-0.05, 0) is 68.2 Å². The minimum atomic E-state index is -1.54. The molecule has 0 aromatic heterocycles. The van der Waals surface area contributed by atoms with Crippen LogP contribution < -0.4 is 0 Å². The Kier molecular flexibility index (Phi) is 10.7. The van der Waals surface area contributed by atoms with E-state index in [1.54, 1.807) is 0 Å². The van der Waals surface area contributed by atoms with Crippen molar-refractivity contribution in [2.45, 2.75) is 117 Å². The predicted octanol–water partition coefficient (Wildman–Crippen LogP) is -0.181. The third kappa shape index (κ3) is 5.22. The van der Waals surface area contributed by atoms with Crippen LogP contribution in [0.15, 0.2) is 79.8 Å². The summed E-state index contributed by atoms with van der Waals surface area (Å²) in [6, 6.07) is 0. The monoisotopic (exact) mass is 808 g/mol. The van der Waals surface area contributed by atoms with Gasteiger partial charge in [0.05, 0.1) is 12.2 Å². The molecule has 8 heterocycles. The summed E-state index contributed by atoms with van der Waals surface area (Å²) < 4.78 is 0. The van der Waals surface area contributed by atoms with Crippen LogP contribution in [0.2, 0.25) is 0 Å². The molecule has 0 aliphatic carbocycles. The topological polar surface area (TPSA) is 188 Å². The molecule has 16 heteroatoms. The van der Waals surface area contributed by atoms with Crippen LogP contribution in [-0.2, 0) is 0 Å². The fourth-order valence-electron chi connectivity index (χ4n) is 11.3. The van der Waals surface area contributed by atoms with Gasteiger partial charge in [0.25, 0.3) is 0 Å². The van der Waals surface area contributed by atoms with E-state index < -0.39 is 48.8 Å². The van der Waals surface area contributed by atoms with Crippen molar-refractivity contribution in [3.8, 4) is 0 Å². The highest BCUT2D eigenvalue weighted by atomic mass is 16.3. The fraction of sp³-hybridized carbons (Fsp3) is 0.667. The quantitative estimate of drug-likeness (QED) is 0.161. The number of rotatable bonds is 8. The molecule has 0 bridgehead atoms. The van der Waals surface area contributed by atoms with E-state index in [9.17, 15) is 40.9 Å². The minimum absolute atomic E-state index is 0.180. The molecule has 16 nitrogen and oxygen atoms in total. The van der Waals surface area contributed by atoms with Crippen LogP contribution >= 0.6 is 0 Å². The second kappa shape index (κ2) is 15.1.